The highest BCUT2D eigenvalue weighted by molar-refractivity contribution is 5.81. The second-order valence-corrected chi connectivity index (χ2v) is 7.28. The van der Waals surface area contributed by atoms with E-state index in [1.807, 2.05) is 24.3 Å². The van der Waals surface area contributed by atoms with Crippen LogP contribution in [-0.4, -0.2) is 0 Å². The molecule has 0 saturated carbocycles. The minimum atomic E-state index is -0.0271. The van der Waals surface area contributed by atoms with Crippen molar-refractivity contribution < 1.29 is 0 Å². The number of para-hydroxylation sites is 2. The zero-order chi connectivity index (χ0) is 18.7. The van der Waals surface area contributed by atoms with Gasteiger partial charge in [0.1, 0.15) is 0 Å². The van der Waals surface area contributed by atoms with E-state index >= 15 is 0 Å². The molecule has 27 heavy (non-hydrogen) atoms. The van der Waals surface area contributed by atoms with Crippen molar-refractivity contribution in [2.75, 3.05) is 5.32 Å². The fraction of sp³-hybridized carbons (Fsp3) is 0.120. The summed E-state index contributed by atoms with van der Waals surface area (Å²) in [6, 6.07) is 27.5. The van der Waals surface area contributed by atoms with Crippen LogP contribution in [0.5, 0.6) is 0 Å². The van der Waals surface area contributed by atoms with Crippen LogP contribution in [0.2, 0.25) is 0 Å². The Bertz CT molecular complexity index is 1000. The monoisotopic (exact) mass is 352 g/mol. The number of nitrogens with one attached hydrogen (secondary N) is 1. The van der Waals surface area contributed by atoms with E-state index in [-0.39, 0.29) is 5.41 Å². The van der Waals surface area contributed by atoms with Crippen molar-refractivity contribution in [3.05, 3.63) is 108 Å². The largest absolute Gasteiger partial charge is 0.399 e. The lowest BCUT2D eigenvalue weighted by Gasteiger charge is -2.28. The van der Waals surface area contributed by atoms with Crippen molar-refractivity contribution >= 4 is 11.4 Å². The van der Waals surface area contributed by atoms with Gasteiger partial charge in [-0.05, 0) is 41.8 Å². The maximum absolute atomic E-state index is 5.91. The van der Waals surface area contributed by atoms with Gasteiger partial charge in [0, 0.05) is 28.1 Å². The first kappa shape index (κ1) is 17.2. The van der Waals surface area contributed by atoms with Gasteiger partial charge in [-0.15, -0.1) is 0 Å². The Hall–Kier alpha value is -3.26. The Morgan fingerprint density at radius 1 is 0.889 bits per heavy atom. The molecule has 3 aromatic rings. The predicted molar refractivity (Wildman–Crippen MR) is 115 cm³/mol. The number of nitrogens with two attached hydrogens (primary N) is 1. The van der Waals surface area contributed by atoms with E-state index in [1.165, 1.54) is 16.7 Å². The molecule has 1 aliphatic rings. The summed E-state index contributed by atoms with van der Waals surface area (Å²) in [7, 11) is 0. The summed E-state index contributed by atoms with van der Waals surface area (Å²) in [5, 5.41) is 3.55. The molecule has 0 radical (unpaired) electrons. The summed E-state index contributed by atoms with van der Waals surface area (Å²) >= 11 is 0. The highest BCUT2D eigenvalue weighted by atomic mass is 14.9. The Kier molecular flexibility index (Phi) is 4.55. The van der Waals surface area contributed by atoms with Gasteiger partial charge in [-0.2, -0.15) is 0 Å². The molecule has 2 heteroatoms. The molecule has 0 bridgehead atoms. The first-order chi connectivity index (χ1) is 13.1. The van der Waals surface area contributed by atoms with Gasteiger partial charge < -0.3 is 11.1 Å². The number of anilines is 2. The highest BCUT2D eigenvalue weighted by Crippen LogP contribution is 2.37. The molecule has 134 valence electrons. The lowest BCUT2D eigenvalue weighted by Crippen LogP contribution is -2.21. The third-order valence-corrected chi connectivity index (χ3v) is 5.22. The molecule has 2 nitrogen and oxygen atoms in total. The zero-order valence-corrected chi connectivity index (χ0v) is 15.5. The molecule has 0 amide bonds. The lowest BCUT2D eigenvalue weighted by molar-refractivity contribution is 0.596. The summed E-state index contributed by atoms with van der Waals surface area (Å²) in [5.41, 5.74) is 12.6. The van der Waals surface area contributed by atoms with Crippen molar-refractivity contribution in [2.45, 2.75) is 18.8 Å². The predicted octanol–water partition coefficient (Wildman–Crippen LogP) is 6.16. The van der Waals surface area contributed by atoms with E-state index in [1.54, 1.807) is 0 Å². The number of rotatable bonds is 4. The molecule has 0 aliphatic heterocycles. The van der Waals surface area contributed by atoms with Crippen LogP contribution >= 0.6 is 0 Å². The Balaban J connectivity index is 1.70. The molecule has 0 heterocycles. The van der Waals surface area contributed by atoms with Crippen LogP contribution in [0.3, 0.4) is 0 Å². The standard InChI is InChI=1S/C25H24N2/c1-25(16-14-21(26)15-17-25)20-9-7-8-19(18-20)23-12-5-6-13-24(23)27-22-10-3-2-4-11-22/h2-16,18,27H,17,26H2,1H3. The van der Waals surface area contributed by atoms with Crippen molar-refractivity contribution in [3.63, 3.8) is 0 Å². The van der Waals surface area contributed by atoms with Crippen molar-refractivity contribution in [1.29, 1.82) is 0 Å². The van der Waals surface area contributed by atoms with Crippen LogP contribution in [0.25, 0.3) is 11.1 Å². The maximum atomic E-state index is 5.91. The summed E-state index contributed by atoms with van der Waals surface area (Å²) < 4.78 is 0. The molecular weight excluding hydrogens is 328 g/mol. The van der Waals surface area contributed by atoms with Crippen LogP contribution in [0.4, 0.5) is 11.4 Å². The molecule has 0 aromatic heterocycles. The molecule has 0 spiro atoms. The molecule has 4 rings (SSSR count). The second-order valence-electron chi connectivity index (χ2n) is 7.28. The first-order valence-corrected chi connectivity index (χ1v) is 9.31. The molecule has 1 atom stereocenters. The van der Waals surface area contributed by atoms with Crippen LogP contribution in [0.15, 0.2) is 103 Å². The van der Waals surface area contributed by atoms with E-state index in [4.69, 9.17) is 5.73 Å². The molecule has 0 fully saturated rings. The van der Waals surface area contributed by atoms with Crippen molar-refractivity contribution in [2.24, 2.45) is 5.73 Å². The summed E-state index contributed by atoms with van der Waals surface area (Å²) in [5.74, 6) is 0. The van der Waals surface area contributed by atoms with Gasteiger partial charge in [0.25, 0.3) is 0 Å². The fourth-order valence-corrected chi connectivity index (χ4v) is 3.52. The molecule has 3 aromatic carbocycles. The molecule has 1 unspecified atom stereocenters. The molecule has 1 aliphatic carbocycles. The van der Waals surface area contributed by atoms with Crippen molar-refractivity contribution in [1.82, 2.24) is 0 Å². The third kappa shape index (κ3) is 3.65. The quantitative estimate of drug-likeness (QED) is 0.590. The second kappa shape index (κ2) is 7.16. The smallest absolute Gasteiger partial charge is 0.0463 e. The maximum Gasteiger partial charge on any atom is 0.0463 e. The Labute approximate surface area is 161 Å². The Morgan fingerprint density at radius 2 is 1.67 bits per heavy atom. The van der Waals surface area contributed by atoms with E-state index in [9.17, 15) is 0 Å². The van der Waals surface area contributed by atoms with Gasteiger partial charge in [0.2, 0.25) is 0 Å². The van der Waals surface area contributed by atoms with Crippen molar-refractivity contribution in [3.8, 4) is 11.1 Å². The van der Waals surface area contributed by atoms with E-state index in [2.05, 4.69) is 85.1 Å². The average Bonchev–Trinajstić information content (AvgIpc) is 2.72. The van der Waals surface area contributed by atoms with Crippen LogP contribution in [0.1, 0.15) is 18.9 Å². The Morgan fingerprint density at radius 3 is 2.44 bits per heavy atom. The number of benzene rings is 3. The van der Waals surface area contributed by atoms with Gasteiger partial charge >= 0.3 is 0 Å². The van der Waals surface area contributed by atoms with Gasteiger partial charge in [-0.1, -0.05) is 79.7 Å². The highest BCUT2D eigenvalue weighted by Gasteiger charge is 2.25. The number of hydrogen-bond donors (Lipinski definition) is 2. The number of hydrogen-bond acceptors (Lipinski definition) is 2. The van der Waals surface area contributed by atoms with E-state index in [0.29, 0.717) is 0 Å². The topological polar surface area (TPSA) is 38.0 Å². The van der Waals surface area contributed by atoms with Gasteiger partial charge in [-0.25, -0.2) is 0 Å². The zero-order valence-electron chi connectivity index (χ0n) is 15.5. The van der Waals surface area contributed by atoms with Gasteiger partial charge in [-0.3, -0.25) is 0 Å². The average molecular weight is 352 g/mol. The minimum absolute atomic E-state index is 0.0271. The third-order valence-electron chi connectivity index (χ3n) is 5.22. The minimum Gasteiger partial charge on any atom is -0.399 e. The molecular formula is C25H24N2. The van der Waals surface area contributed by atoms with E-state index < -0.39 is 0 Å². The van der Waals surface area contributed by atoms with E-state index in [0.717, 1.165) is 23.5 Å². The van der Waals surface area contributed by atoms with Gasteiger partial charge in [0.15, 0.2) is 0 Å². The normalized spacial score (nSPS) is 18.8. The molecule has 0 saturated heterocycles. The number of allylic oxidation sites excluding steroid dienone is 3. The van der Waals surface area contributed by atoms with Crippen LogP contribution < -0.4 is 11.1 Å². The summed E-state index contributed by atoms with van der Waals surface area (Å²) in [6.07, 6.45) is 7.26. The lowest BCUT2D eigenvalue weighted by atomic mass is 9.76. The van der Waals surface area contributed by atoms with Crippen LogP contribution in [0, 0.1) is 0 Å². The van der Waals surface area contributed by atoms with Gasteiger partial charge in [0.05, 0.1) is 0 Å². The van der Waals surface area contributed by atoms with Crippen LogP contribution in [-0.2, 0) is 5.41 Å². The summed E-state index contributed by atoms with van der Waals surface area (Å²) in [4.78, 5) is 0. The summed E-state index contributed by atoms with van der Waals surface area (Å²) in [6.45, 7) is 2.26. The fourth-order valence-electron chi connectivity index (χ4n) is 3.52. The molecule has 3 N–H and O–H groups in total. The SMILES string of the molecule is CC1(c2cccc(-c3ccccc3Nc3ccccc3)c2)C=CC(N)=CC1. The first-order valence-electron chi connectivity index (χ1n) is 9.31.